The third-order valence-corrected chi connectivity index (χ3v) is 7.59. The van der Waals surface area contributed by atoms with Crippen LogP contribution in [0.4, 0.5) is 23.1 Å². The Morgan fingerprint density at radius 3 is 2.48 bits per heavy atom. The van der Waals surface area contributed by atoms with E-state index in [1.165, 1.54) is 0 Å². The number of carbonyl (C=O) groups is 1. The Bertz CT molecular complexity index is 1110. The van der Waals surface area contributed by atoms with Gasteiger partial charge in [-0.05, 0) is 43.2 Å². The van der Waals surface area contributed by atoms with Crippen LogP contribution >= 0.6 is 0 Å². The fourth-order valence-corrected chi connectivity index (χ4v) is 5.12. The van der Waals surface area contributed by atoms with Gasteiger partial charge in [-0.15, -0.1) is 0 Å². The number of amides is 1. The van der Waals surface area contributed by atoms with Crippen LogP contribution in [0.2, 0.25) is 0 Å². The minimum Gasteiger partial charge on any atom is -0.369 e. The average molecular weight is 441 g/mol. The molecule has 1 amide bonds. The highest BCUT2D eigenvalue weighted by molar-refractivity contribution is 7.91. The van der Waals surface area contributed by atoms with E-state index in [2.05, 4.69) is 26.3 Å². The van der Waals surface area contributed by atoms with Gasteiger partial charge in [0.05, 0.1) is 17.6 Å². The van der Waals surface area contributed by atoms with Gasteiger partial charge in [-0.1, -0.05) is 6.92 Å². The van der Waals surface area contributed by atoms with Crippen LogP contribution in [0, 0.1) is 16.7 Å². The van der Waals surface area contributed by atoms with Crippen molar-refractivity contribution in [3.63, 3.8) is 0 Å². The van der Waals surface area contributed by atoms with Gasteiger partial charge >= 0.3 is 0 Å². The first kappa shape index (κ1) is 21.1. The van der Waals surface area contributed by atoms with Crippen LogP contribution < -0.4 is 15.1 Å². The SMILES string of the molecule is CCC1(C#N)CCN(c2ccnc(Nc3ccc(N4CCS(=O)(=O)CC4)cc3)n2)C1=O. The molecule has 162 valence electrons. The second kappa shape index (κ2) is 8.15. The fourth-order valence-electron chi connectivity index (χ4n) is 3.91. The number of hydrogen-bond acceptors (Lipinski definition) is 8. The number of nitriles is 1. The first-order valence-corrected chi connectivity index (χ1v) is 12.1. The Kier molecular flexibility index (Phi) is 5.54. The minimum absolute atomic E-state index is 0.175. The molecule has 1 aromatic carbocycles. The smallest absolute Gasteiger partial charge is 0.248 e. The van der Waals surface area contributed by atoms with E-state index in [4.69, 9.17) is 0 Å². The van der Waals surface area contributed by atoms with Gasteiger partial charge in [-0.25, -0.2) is 13.4 Å². The molecule has 2 aliphatic heterocycles. The van der Waals surface area contributed by atoms with E-state index < -0.39 is 15.3 Å². The van der Waals surface area contributed by atoms with Crippen molar-refractivity contribution in [2.45, 2.75) is 19.8 Å². The molecule has 0 radical (unpaired) electrons. The average Bonchev–Trinajstić information content (AvgIpc) is 3.11. The van der Waals surface area contributed by atoms with Gasteiger partial charge in [0.15, 0.2) is 9.84 Å². The number of rotatable bonds is 5. The van der Waals surface area contributed by atoms with Crippen LogP contribution in [-0.2, 0) is 14.6 Å². The molecule has 0 spiro atoms. The first-order chi connectivity index (χ1) is 14.9. The van der Waals surface area contributed by atoms with Crippen molar-refractivity contribution in [1.82, 2.24) is 9.97 Å². The summed E-state index contributed by atoms with van der Waals surface area (Å²) in [6, 6.07) is 11.5. The van der Waals surface area contributed by atoms with E-state index >= 15 is 0 Å². The monoisotopic (exact) mass is 440 g/mol. The van der Waals surface area contributed by atoms with E-state index in [0.717, 1.165) is 11.4 Å². The molecule has 1 atom stereocenters. The number of benzene rings is 1. The third kappa shape index (κ3) is 4.18. The van der Waals surface area contributed by atoms with Crippen molar-refractivity contribution in [1.29, 1.82) is 5.26 Å². The molecule has 10 heteroatoms. The van der Waals surface area contributed by atoms with Crippen LogP contribution in [-0.4, -0.2) is 55.4 Å². The van der Waals surface area contributed by atoms with Gasteiger partial charge in [0.1, 0.15) is 11.2 Å². The molecule has 2 aromatic rings. The van der Waals surface area contributed by atoms with E-state index in [1.807, 2.05) is 31.2 Å². The maximum absolute atomic E-state index is 12.8. The van der Waals surface area contributed by atoms with E-state index in [0.29, 0.717) is 44.2 Å². The molecule has 0 aliphatic carbocycles. The molecule has 31 heavy (non-hydrogen) atoms. The molecular weight excluding hydrogens is 416 g/mol. The number of nitrogens with zero attached hydrogens (tertiary/aromatic N) is 5. The molecule has 2 saturated heterocycles. The topological polar surface area (TPSA) is 119 Å². The lowest BCUT2D eigenvalue weighted by atomic mass is 9.85. The lowest BCUT2D eigenvalue weighted by molar-refractivity contribution is -0.123. The van der Waals surface area contributed by atoms with Crippen LogP contribution in [0.3, 0.4) is 0 Å². The number of carbonyl (C=O) groups excluding carboxylic acids is 1. The number of anilines is 4. The quantitative estimate of drug-likeness (QED) is 0.751. The normalized spacial score (nSPS) is 22.9. The molecule has 0 bridgehead atoms. The lowest BCUT2D eigenvalue weighted by Gasteiger charge is -2.28. The Labute approximate surface area is 181 Å². The summed E-state index contributed by atoms with van der Waals surface area (Å²) in [5, 5.41) is 12.6. The molecule has 0 saturated carbocycles. The Hall–Kier alpha value is -3.19. The van der Waals surface area contributed by atoms with Gasteiger partial charge in [0.25, 0.3) is 0 Å². The maximum atomic E-state index is 12.8. The van der Waals surface area contributed by atoms with Crippen LogP contribution in [0.15, 0.2) is 36.5 Å². The molecule has 1 aromatic heterocycles. The molecule has 9 nitrogen and oxygen atoms in total. The molecular formula is C21H24N6O3S. The van der Waals surface area contributed by atoms with Crippen LogP contribution in [0.1, 0.15) is 19.8 Å². The summed E-state index contributed by atoms with van der Waals surface area (Å²) < 4.78 is 23.2. The van der Waals surface area contributed by atoms with E-state index in [-0.39, 0.29) is 17.4 Å². The van der Waals surface area contributed by atoms with Crippen molar-refractivity contribution in [2.75, 3.05) is 46.3 Å². The summed E-state index contributed by atoms with van der Waals surface area (Å²) in [4.78, 5) is 25.1. The summed E-state index contributed by atoms with van der Waals surface area (Å²) in [7, 11) is -2.91. The van der Waals surface area contributed by atoms with Gasteiger partial charge in [-0.2, -0.15) is 10.2 Å². The Balaban J connectivity index is 1.45. The standard InChI is InChI=1S/C21H24N6O3S/c1-2-21(15-22)8-10-27(19(21)28)18-7-9-23-20(25-18)24-16-3-5-17(6-4-16)26-11-13-31(29,30)14-12-26/h3-7,9H,2,8,10-14H2,1H3,(H,23,24,25). The highest BCUT2D eigenvalue weighted by Gasteiger charge is 2.46. The van der Waals surface area contributed by atoms with Gasteiger partial charge in [-0.3, -0.25) is 9.69 Å². The summed E-state index contributed by atoms with van der Waals surface area (Å²) >= 11 is 0. The highest BCUT2D eigenvalue weighted by Crippen LogP contribution is 2.36. The van der Waals surface area contributed by atoms with Crippen LogP contribution in [0.5, 0.6) is 0 Å². The summed E-state index contributed by atoms with van der Waals surface area (Å²) in [5.74, 6) is 0.962. The predicted octanol–water partition coefficient (Wildman–Crippen LogP) is 2.11. The number of hydrogen-bond donors (Lipinski definition) is 1. The number of aromatic nitrogens is 2. The van der Waals surface area contributed by atoms with Gasteiger partial charge in [0.2, 0.25) is 11.9 Å². The summed E-state index contributed by atoms with van der Waals surface area (Å²) in [6.07, 6.45) is 2.55. The molecule has 1 unspecified atom stereocenters. The van der Waals surface area contributed by atoms with Crippen molar-refractivity contribution >= 4 is 38.9 Å². The van der Waals surface area contributed by atoms with Gasteiger partial charge < -0.3 is 10.2 Å². The zero-order valence-electron chi connectivity index (χ0n) is 17.3. The molecule has 2 fully saturated rings. The largest absolute Gasteiger partial charge is 0.369 e. The minimum atomic E-state index is -2.91. The molecule has 2 aliphatic rings. The van der Waals surface area contributed by atoms with Crippen molar-refractivity contribution in [2.24, 2.45) is 5.41 Å². The van der Waals surface area contributed by atoms with Crippen LogP contribution in [0.25, 0.3) is 0 Å². The van der Waals surface area contributed by atoms with Crippen molar-refractivity contribution < 1.29 is 13.2 Å². The highest BCUT2D eigenvalue weighted by atomic mass is 32.2. The number of nitrogens with one attached hydrogen (secondary N) is 1. The Morgan fingerprint density at radius 1 is 1.16 bits per heavy atom. The zero-order valence-corrected chi connectivity index (χ0v) is 18.1. The summed E-state index contributed by atoms with van der Waals surface area (Å²) in [5.41, 5.74) is 0.769. The molecule has 3 heterocycles. The van der Waals surface area contributed by atoms with E-state index in [1.54, 1.807) is 17.2 Å². The second-order valence-electron chi connectivity index (χ2n) is 7.80. The lowest BCUT2D eigenvalue weighted by Crippen LogP contribution is -2.40. The number of sulfone groups is 1. The zero-order chi connectivity index (χ0) is 22.1. The Morgan fingerprint density at radius 2 is 1.87 bits per heavy atom. The molecule has 1 N–H and O–H groups in total. The second-order valence-corrected chi connectivity index (χ2v) is 10.1. The van der Waals surface area contributed by atoms with E-state index in [9.17, 15) is 18.5 Å². The van der Waals surface area contributed by atoms with Gasteiger partial charge in [0, 0.05) is 37.2 Å². The maximum Gasteiger partial charge on any atom is 0.248 e. The summed E-state index contributed by atoms with van der Waals surface area (Å²) in [6.45, 7) is 3.29. The van der Waals surface area contributed by atoms with Crippen molar-refractivity contribution in [3.8, 4) is 6.07 Å². The third-order valence-electron chi connectivity index (χ3n) is 5.98. The molecule has 4 rings (SSSR count). The first-order valence-electron chi connectivity index (χ1n) is 10.2. The van der Waals surface area contributed by atoms with Crippen molar-refractivity contribution in [3.05, 3.63) is 36.5 Å². The fraction of sp³-hybridized carbons (Fsp3) is 0.429. The predicted molar refractivity (Wildman–Crippen MR) is 118 cm³/mol.